The number of aliphatic hydroxyl groups excluding tert-OH is 2. The van der Waals surface area contributed by atoms with Gasteiger partial charge in [-0.1, -0.05) is 31.4 Å². The van der Waals surface area contributed by atoms with Gasteiger partial charge in [0.15, 0.2) is 5.82 Å². The fourth-order valence-electron chi connectivity index (χ4n) is 5.03. The Bertz CT molecular complexity index is 812. The highest BCUT2D eigenvalue weighted by Crippen LogP contribution is 2.36. The number of hydrogen-bond donors (Lipinski definition) is 3. The maximum Gasteiger partial charge on any atom is 0.162 e. The molecule has 4 atom stereocenters. The molecular weight excluding hydrogens is 369 g/mol. The van der Waals surface area contributed by atoms with Crippen molar-refractivity contribution in [2.24, 2.45) is 11.8 Å². The first kappa shape index (κ1) is 20.4. The lowest BCUT2D eigenvalue weighted by Crippen LogP contribution is -2.43. The van der Waals surface area contributed by atoms with Crippen molar-refractivity contribution in [1.29, 1.82) is 0 Å². The van der Waals surface area contributed by atoms with Crippen LogP contribution in [0.15, 0.2) is 36.5 Å². The third-order valence-corrected chi connectivity index (χ3v) is 6.60. The van der Waals surface area contributed by atoms with Gasteiger partial charge in [0.1, 0.15) is 5.82 Å². The lowest BCUT2D eigenvalue weighted by Gasteiger charge is -2.31. The van der Waals surface area contributed by atoms with Crippen molar-refractivity contribution in [3.8, 4) is 11.4 Å². The number of aliphatic hydroxyl groups is 2. The number of hydrogen-bond acceptors (Lipinski definition) is 5. The lowest BCUT2D eigenvalue weighted by atomic mass is 9.87. The summed E-state index contributed by atoms with van der Waals surface area (Å²) in [6.45, 7) is -0.0417. The molecule has 1 aromatic heterocycles. The van der Waals surface area contributed by atoms with Gasteiger partial charge in [0.05, 0.1) is 11.7 Å². The van der Waals surface area contributed by atoms with Gasteiger partial charge in [0.2, 0.25) is 0 Å². The molecule has 4 rings (SSSR count). The van der Waals surface area contributed by atoms with Crippen LogP contribution in [0.4, 0.5) is 4.39 Å². The third-order valence-electron chi connectivity index (χ3n) is 6.60. The Morgan fingerprint density at radius 3 is 2.62 bits per heavy atom. The maximum absolute atomic E-state index is 14.1. The van der Waals surface area contributed by atoms with Crippen LogP contribution < -0.4 is 5.32 Å². The Morgan fingerprint density at radius 1 is 1.07 bits per heavy atom. The molecule has 0 unspecified atom stereocenters. The number of halogens is 1. The summed E-state index contributed by atoms with van der Waals surface area (Å²) in [7, 11) is 0. The van der Waals surface area contributed by atoms with E-state index in [1.807, 2.05) is 6.07 Å². The minimum atomic E-state index is -0.515. The monoisotopic (exact) mass is 399 g/mol. The SMILES string of the molecule is OC[C@@H]1[C@@H](Cc2ccnc(-c3ccccc3F)n2)[C@H](NC2CCCCC2)C[C@H]1O. The van der Waals surface area contributed by atoms with Crippen LogP contribution in [0.1, 0.15) is 44.2 Å². The van der Waals surface area contributed by atoms with E-state index in [9.17, 15) is 14.6 Å². The zero-order valence-electron chi connectivity index (χ0n) is 16.7. The number of rotatable bonds is 6. The van der Waals surface area contributed by atoms with Gasteiger partial charge in [0, 0.05) is 36.5 Å². The molecule has 0 aliphatic heterocycles. The van der Waals surface area contributed by atoms with E-state index in [0.717, 1.165) is 5.69 Å². The normalized spacial score (nSPS) is 28.0. The van der Waals surface area contributed by atoms with Gasteiger partial charge in [-0.25, -0.2) is 14.4 Å². The van der Waals surface area contributed by atoms with Crippen LogP contribution in [-0.2, 0) is 6.42 Å². The first-order valence-corrected chi connectivity index (χ1v) is 10.8. The summed E-state index contributed by atoms with van der Waals surface area (Å²) >= 11 is 0. The molecule has 1 aromatic carbocycles. The molecule has 5 nitrogen and oxygen atoms in total. The number of nitrogens with one attached hydrogen (secondary N) is 1. The highest BCUT2D eigenvalue weighted by molar-refractivity contribution is 5.55. The Morgan fingerprint density at radius 2 is 1.86 bits per heavy atom. The van der Waals surface area contributed by atoms with E-state index in [0.29, 0.717) is 30.3 Å². The van der Waals surface area contributed by atoms with Gasteiger partial charge < -0.3 is 15.5 Å². The van der Waals surface area contributed by atoms with E-state index < -0.39 is 6.10 Å². The molecule has 1 heterocycles. The van der Waals surface area contributed by atoms with Crippen molar-refractivity contribution in [1.82, 2.24) is 15.3 Å². The fourth-order valence-corrected chi connectivity index (χ4v) is 5.03. The molecule has 2 fully saturated rings. The summed E-state index contributed by atoms with van der Waals surface area (Å²) in [6.07, 6.45) is 8.56. The van der Waals surface area contributed by atoms with E-state index in [-0.39, 0.29) is 30.3 Å². The summed E-state index contributed by atoms with van der Waals surface area (Å²) in [5, 5.41) is 24.2. The quantitative estimate of drug-likeness (QED) is 0.696. The Hall–Kier alpha value is -1.89. The summed E-state index contributed by atoms with van der Waals surface area (Å²) in [6, 6.07) is 8.99. The van der Waals surface area contributed by atoms with Crippen LogP contribution in [0, 0.1) is 17.7 Å². The van der Waals surface area contributed by atoms with Gasteiger partial charge in [-0.15, -0.1) is 0 Å². The largest absolute Gasteiger partial charge is 0.396 e. The molecule has 29 heavy (non-hydrogen) atoms. The zero-order chi connectivity index (χ0) is 20.2. The fraction of sp³-hybridized carbons (Fsp3) is 0.565. The van der Waals surface area contributed by atoms with Crippen molar-refractivity contribution >= 4 is 0 Å². The summed E-state index contributed by atoms with van der Waals surface area (Å²) in [5.41, 5.74) is 1.20. The van der Waals surface area contributed by atoms with E-state index >= 15 is 0 Å². The Balaban J connectivity index is 1.53. The first-order chi connectivity index (χ1) is 14.2. The average Bonchev–Trinajstić information content (AvgIpc) is 3.03. The van der Waals surface area contributed by atoms with E-state index in [2.05, 4.69) is 15.3 Å². The number of nitrogens with zero attached hydrogens (tertiary/aromatic N) is 2. The van der Waals surface area contributed by atoms with Gasteiger partial charge >= 0.3 is 0 Å². The highest BCUT2D eigenvalue weighted by Gasteiger charge is 2.42. The molecule has 2 aliphatic carbocycles. The molecule has 0 saturated heterocycles. The van der Waals surface area contributed by atoms with Crippen LogP contribution in [0.25, 0.3) is 11.4 Å². The minimum Gasteiger partial charge on any atom is -0.396 e. The standard InChI is InChI=1S/C23H30FN3O2/c24-20-9-5-4-8-17(20)23-25-11-10-16(27-23)12-18-19(14-28)22(29)13-21(18)26-15-6-2-1-3-7-15/h4-5,8-11,15,18-19,21-22,26,28-29H,1-3,6-7,12-14H2/t18-,19-,21-,22-/m1/s1. The first-order valence-electron chi connectivity index (χ1n) is 10.8. The van der Waals surface area contributed by atoms with Crippen LogP contribution in [0.5, 0.6) is 0 Å². The molecular formula is C23H30FN3O2. The maximum atomic E-state index is 14.1. The smallest absolute Gasteiger partial charge is 0.162 e. The highest BCUT2D eigenvalue weighted by atomic mass is 19.1. The van der Waals surface area contributed by atoms with Gasteiger partial charge in [0.25, 0.3) is 0 Å². The van der Waals surface area contributed by atoms with Crippen molar-refractivity contribution in [2.75, 3.05) is 6.61 Å². The van der Waals surface area contributed by atoms with E-state index in [1.165, 1.54) is 38.2 Å². The zero-order valence-corrected chi connectivity index (χ0v) is 16.7. The van der Waals surface area contributed by atoms with Crippen molar-refractivity contribution in [2.45, 2.75) is 63.1 Å². The Kier molecular flexibility index (Phi) is 6.53. The van der Waals surface area contributed by atoms with Gasteiger partial charge in [-0.2, -0.15) is 0 Å². The van der Waals surface area contributed by atoms with Gasteiger partial charge in [-0.05, 0) is 49.8 Å². The number of aromatic nitrogens is 2. The number of benzene rings is 1. The second kappa shape index (κ2) is 9.28. The second-order valence-corrected chi connectivity index (χ2v) is 8.48. The van der Waals surface area contributed by atoms with E-state index in [1.54, 1.807) is 24.4 Å². The molecule has 2 aromatic rings. The molecule has 0 amide bonds. The molecule has 3 N–H and O–H groups in total. The van der Waals surface area contributed by atoms with E-state index in [4.69, 9.17) is 0 Å². The molecule has 6 heteroatoms. The second-order valence-electron chi connectivity index (χ2n) is 8.48. The molecule has 0 bridgehead atoms. The molecule has 156 valence electrons. The molecule has 0 spiro atoms. The summed E-state index contributed by atoms with van der Waals surface area (Å²) in [4.78, 5) is 8.85. The molecule has 0 radical (unpaired) electrons. The van der Waals surface area contributed by atoms with Gasteiger partial charge in [-0.3, -0.25) is 0 Å². The van der Waals surface area contributed by atoms with Crippen molar-refractivity contribution < 1.29 is 14.6 Å². The average molecular weight is 400 g/mol. The molecule has 2 saturated carbocycles. The predicted molar refractivity (Wildman–Crippen MR) is 110 cm³/mol. The topological polar surface area (TPSA) is 78.3 Å². The Labute approximate surface area is 171 Å². The lowest BCUT2D eigenvalue weighted by molar-refractivity contribution is 0.0715. The van der Waals surface area contributed by atoms with Crippen molar-refractivity contribution in [3.05, 3.63) is 48.0 Å². The summed E-state index contributed by atoms with van der Waals surface area (Å²) < 4.78 is 14.1. The van der Waals surface area contributed by atoms with Crippen LogP contribution in [0.2, 0.25) is 0 Å². The van der Waals surface area contributed by atoms with Crippen LogP contribution in [-0.4, -0.2) is 45.0 Å². The van der Waals surface area contributed by atoms with Crippen LogP contribution >= 0.6 is 0 Å². The summed E-state index contributed by atoms with van der Waals surface area (Å²) in [5.74, 6) is -0.0641. The van der Waals surface area contributed by atoms with Crippen LogP contribution in [0.3, 0.4) is 0 Å². The predicted octanol–water partition coefficient (Wildman–Crippen LogP) is 3.11. The minimum absolute atomic E-state index is 0.0417. The molecule has 2 aliphatic rings. The third kappa shape index (κ3) is 4.65. The van der Waals surface area contributed by atoms with Crippen molar-refractivity contribution in [3.63, 3.8) is 0 Å².